The molecule has 2 aromatic rings. The largest absolute Gasteiger partial charge is 0.338 e. The Morgan fingerprint density at radius 1 is 1.08 bits per heavy atom. The first kappa shape index (κ1) is 16.5. The van der Waals surface area contributed by atoms with Gasteiger partial charge in [-0.2, -0.15) is 0 Å². The van der Waals surface area contributed by atoms with Gasteiger partial charge in [-0.25, -0.2) is 18.7 Å². The maximum Gasteiger partial charge on any atom is 0.253 e. The van der Waals surface area contributed by atoms with E-state index < -0.39 is 5.92 Å². The van der Waals surface area contributed by atoms with Gasteiger partial charge in [-0.3, -0.25) is 4.79 Å². The van der Waals surface area contributed by atoms with Crippen molar-refractivity contribution in [3.05, 3.63) is 47.3 Å². The second-order valence-corrected chi connectivity index (χ2v) is 6.20. The molecule has 0 atom stereocenters. The van der Waals surface area contributed by atoms with E-state index in [1.165, 1.54) is 4.90 Å². The van der Waals surface area contributed by atoms with Crippen molar-refractivity contribution < 1.29 is 13.6 Å². The van der Waals surface area contributed by atoms with E-state index in [1.807, 2.05) is 26.0 Å². The monoisotopic (exact) mass is 331 g/mol. The molecule has 0 unspecified atom stereocenters. The number of aromatic nitrogens is 2. The number of benzene rings is 1. The molecule has 3 rings (SSSR count). The van der Waals surface area contributed by atoms with Crippen LogP contribution in [0.1, 0.15) is 34.6 Å². The van der Waals surface area contributed by atoms with Crippen LogP contribution in [0, 0.1) is 13.8 Å². The van der Waals surface area contributed by atoms with E-state index in [-0.39, 0.29) is 31.8 Å². The first-order valence-electron chi connectivity index (χ1n) is 7.94. The van der Waals surface area contributed by atoms with Gasteiger partial charge >= 0.3 is 0 Å². The topological polar surface area (TPSA) is 46.1 Å². The lowest BCUT2D eigenvalue weighted by Crippen LogP contribution is -2.42. The quantitative estimate of drug-likeness (QED) is 0.844. The molecule has 0 saturated carbocycles. The highest BCUT2D eigenvalue weighted by Crippen LogP contribution is 2.28. The summed E-state index contributed by atoms with van der Waals surface area (Å²) in [5.41, 5.74) is 2.93. The molecule has 6 heteroatoms. The van der Waals surface area contributed by atoms with E-state index in [4.69, 9.17) is 0 Å². The van der Waals surface area contributed by atoms with Crippen LogP contribution in [0.15, 0.2) is 30.3 Å². The average molecular weight is 331 g/mol. The zero-order valence-electron chi connectivity index (χ0n) is 13.7. The summed E-state index contributed by atoms with van der Waals surface area (Å²) in [5, 5.41) is 0. The fourth-order valence-electron chi connectivity index (χ4n) is 2.87. The minimum Gasteiger partial charge on any atom is -0.338 e. The van der Waals surface area contributed by atoms with Crippen molar-refractivity contribution in [2.45, 2.75) is 32.6 Å². The third-order valence-corrected chi connectivity index (χ3v) is 4.13. The van der Waals surface area contributed by atoms with E-state index >= 15 is 0 Å². The lowest BCUT2D eigenvalue weighted by Gasteiger charge is -2.31. The molecule has 2 heterocycles. The van der Waals surface area contributed by atoms with Crippen LogP contribution in [0.3, 0.4) is 0 Å². The van der Waals surface area contributed by atoms with Crippen LogP contribution in [-0.4, -0.2) is 39.8 Å². The van der Waals surface area contributed by atoms with Crippen molar-refractivity contribution >= 4 is 5.91 Å². The zero-order valence-corrected chi connectivity index (χ0v) is 13.7. The average Bonchev–Trinajstić information content (AvgIpc) is 2.53. The van der Waals surface area contributed by atoms with E-state index in [9.17, 15) is 13.6 Å². The van der Waals surface area contributed by atoms with Crippen molar-refractivity contribution in [3.8, 4) is 11.4 Å². The summed E-state index contributed by atoms with van der Waals surface area (Å²) in [6.07, 6.45) is -0.558. The van der Waals surface area contributed by atoms with Crippen LogP contribution < -0.4 is 0 Å². The van der Waals surface area contributed by atoms with Crippen LogP contribution >= 0.6 is 0 Å². The molecule has 1 aliphatic heterocycles. The van der Waals surface area contributed by atoms with Gasteiger partial charge in [0.15, 0.2) is 5.82 Å². The van der Waals surface area contributed by atoms with Crippen LogP contribution in [0.4, 0.5) is 8.78 Å². The summed E-state index contributed by atoms with van der Waals surface area (Å²) in [6, 6.07) is 8.91. The maximum absolute atomic E-state index is 13.3. The van der Waals surface area contributed by atoms with Gasteiger partial charge in [0.1, 0.15) is 0 Å². The second kappa shape index (κ2) is 6.26. The molecule has 0 N–H and O–H groups in total. The summed E-state index contributed by atoms with van der Waals surface area (Å²) in [5.74, 6) is -2.32. The fourth-order valence-corrected chi connectivity index (χ4v) is 2.87. The molecule has 24 heavy (non-hydrogen) atoms. The molecule has 0 radical (unpaired) electrons. The van der Waals surface area contributed by atoms with Gasteiger partial charge in [0, 0.05) is 48.4 Å². The van der Waals surface area contributed by atoms with Crippen LogP contribution in [0.25, 0.3) is 11.4 Å². The highest BCUT2D eigenvalue weighted by atomic mass is 19.3. The fraction of sp³-hybridized carbons (Fsp3) is 0.389. The Balaban J connectivity index is 1.84. The van der Waals surface area contributed by atoms with Crippen molar-refractivity contribution in [1.29, 1.82) is 0 Å². The number of rotatable bonds is 2. The van der Waals surface area contributed by atoms with E-state index in [1.54, 1.807) is 18.2 Å². The predicted molar refractivity (Wildman–Crippen MR) is 87.0 cm³/mol. The van der Waals surface area contributed by atoms with Crippen molar-refractivity contribution in [3.63, 3.8) is 0 Å². The van der Waals surface area contributed by atoms with Crippen LogP contribution in [0.2, 0.25) is 0 Å². The Morgan fingerprint density at radius 3 is 2.33 bits per heavy atom. The summed E-state index contributed by atoms with van der Waals surface area (Å²) < 4.78 is 26.5. The van der Waals surface area contributed by atoms with E-state index in [2.05, 4.69) is 9.97 Å². The molecule has 0 spiro atoms. The maximum atomic E-state index is 13.3. The van der Waals surface area contributed by atoms with E-state index in [0.717, 1.165) is 17.0 Å². The van der Waals surface area contributed by atoms with Gasteiger partial charge in [-0.1, -0.05) is 12.1 Å². The standard InChI is InChI=1S/C18H19F2N3O/c1-12-10-13(2)22-16(21-12)14-4-3-5-15(11-14)17(24)23-8-6-18(19,20)7-9-23/h3-5,10-11H,6-9H2,1-2H3. The molecule has 1 fully saturated rings. The number of likely N-dealkylation sites (tertiary alicyclic amines) is 1. The number of hydrogen-bond donors (Lipinski definition) is 0. The first-order chi connectivity index (χ1) is 11.3. The summed E-state index contributed by atoms with van der Waals surface area (Å²) in [6.45, 7) is 3.94. The van der Waals surface area contributed by atoms with Crippen molar-refractivity contribution in [2.24, 2.45) is 0 Å². The summed E-state index contributed by atoms with van der Waals surface area (Å²) in [7, 11) is 0. The van der Waals surface area contributed by atoms with Gasteiger partial charge in [0.25, 0.3) is 11.8 Å². The lowest BCUT2D eigenvalue weighted by atomic mass is 10.0. The van der Waals surface area contributed by atoms with Crippen LogP contribution in [-0.2, 0) is 0 Å². The van der Waals surface area contributed by atoms with Crippen LogP contribution in [0.5, 0.6) is 0 Å². The highest BCUT2D eigenvalue weighted by Gasteiger charge is 2.35. The molecule has 0 bridgehead atoms. The third-order valence-electron chi connectivity index (χ3n) is 4.13. The van der Waals surface area contributed by atoms with Gasteiger partial charge in [0.05, 0.1) is 0 Å². The smallest absolute Gasteiger partial charge is 0.253 e. The van der Waals surface area contributed by atoms with Gasteiger partial charge in [-0.05, 0) is 32.0 Å². The second-order valence-electron chi connectivity index (χ2n) is 6.20. The van der Waals surface area contributed by atoms with Crippen molar-refractivity contribution in [1.82, 2.24) is 14.9 Å². The molecule has 1 aromatic heterocycles. The Morgan fingerprint density at radius 2 is 1.71 bits per heavy atom. The van der Waals surface area contributed by atoms with Gasteiger partial charge < -0.3 is 4.90 Å². The van der Waals surface area contributed by atoms with E-state index in [0.29, 0.717) is 11.4 Å². The first-order valence-corrected chi connectivity index (χ1v) is 7.94. The molecule has 1 aromatic carbocycles. The number of piperidine rings is 1. The molecule has 1 aliphatic rings. The number of alkyl halides is 2. The molecule has 1 saturated heterocycles. The normalized spacial score (nSPS) is 16.9. The molecule has 4 nitrogen and oxygen atoms in total. The number of hydrogen-bond acceptors (Lipinski definition) is 3. The lowest BCUT2D eigenvalue weighted by molar-refractivity contribution is -0.0494. The highest BCUT2D eigenvalue weighted by molar-refractivity contribution is 5.95. The number of halogens is 2. The molecular formula is C18H19F2N3O. The van der Waals surface area contributed by atoms with Gasteiger partial charge in [-0.15, -0.1) is 0 Å². The molecular weight excluding hydrogens is 312 g/mol. The minimum absolute atomic E-state index is 0.0795. The molecule has 1 amide bonds. The Kier molecular flexibility index (Phi) is 4.30. The number of amides is 1. The Hall–Kier alpha value is -2.37. The number of carbonyl (C=O) groups excluding carboxylic acids is 1. The summed E-state index contributed by atoms with van der Waals surface area (Å²) >= 11 is 0. The number of nitrogens with zero attached hydrogens (tertiary/aromatic N) is 3. The SMILES string of the molecule is Cc1cc(C)nc(-c2cccc(C(=O)N3CCC(F)(F)CC3)c2)n1. The molecule has 126 valence electrons. The Bertz CT molecular complexity index is 746. The number of carbonyl (C=O) groups is 1. The minimum atomic E-state index is -2.66. The summed E-state index contributed by atoms with van der Waals surface area (Å²) in [4.78, 5) is 22.9. The van der Waals surface area contributed by atoms with Gasteiger partial charge in [0.2, 0.25) is 0 Å². The third kappa shape index (κ3) is 3.58. The molecule has 0 aliphatic carbocycles. The predicted octanol–water partition coefficient (Wildman–Crippen LogP) is 3.63. The van der Waals surface area contributed by atoms with Crippen molar-refractivity contribution in [2.75, 3.05) is 13.1 Å². The Labute approximate surface area is 139 Å². The number of aryl methyl sites for hydroxylation is 2. The zero-order chi connectivity index (χ0) is 17.3.